The topological polar surface area (TPSA) is 58.4 Å². The molecule has 0 bridgehead atoms. The molecule has 0 aliphatic carbocycles. The molecule has 9 heteroatoms. The summed E-state index contributed by atoms with van der Waals surface area (Å²) in [5, 5.41) is 8.21. The van der Waals surface area contributed by atoms with E-state index in [1.807, 2.05) is 42.2 Å². The first kappa shape index (κ1) is 21.4. The summed E-state index contributed by atoms with van der Waals surface area (Å²) < 4.78 is 2.08. The van der Waals surface area contributed by atoms with E-state index in [1.54, 1.807) is 0 Å². The second kappa shape index (κ2) is 9.90. The molecule has 0 spiro atoms. The van der Waals surface area contributed by atoms with Gasteiger partial charge in [0, 0.05) is 17.5 Å². The number of amides is 1. The van der Waals surface area contributed by atoms with Gasteiger partial charge >= 0.3 is 0 Å². The molecular weight excluding hydrogens is 411 g/mol. The van der Waals surface area contributed by atoms with Crippen LogP contribution in [0.3, 0.4) is 0 Å². The van der Waals surface area contributed by atoms with E-state index < -0.39 is 0 Å². The standard InChI is InChI=1S/C17H20N4OS2.2ClH/c22-17(19-8-9-23-13-4-6-18-7-5-13)14-10-12-11-20-15-2-1-3-16(24-14)21(12)15;;/h1-3,10-11,13,18H,4-9H2,(H,19,22);2*1H. The van der Waals surface area contributed by atoms with Crippen molar-refractivity contribution in [1.29, 1.82) is 0 Å². The van der Waals surface area contributed by atoms with Crippen LogP contribution in [0.2, 0.25) is 0 Å². The fourth-order valence-corrected chi connectivity index (χ4v) is 5.17. The van der Waals surface area contributed by atoms with Crippen molar-refractivity contribution < 1.29 is 4.79 Å². The van der Waals surface area contributed by atoms with Gasteiger partial charge in [0.05, 0.1) is 21.8 Å². The third kappa shape index (κ3) is 4.70. The third-order valence-electron chi connectivity index (χ3n) is 4.27. The first-order chi connectivity index (χ1) is 11.8. The minimum atomic E-state index is 0. The lowest BCUT2D eigenvalue weighted by Crippen LogP contribution is -2.31. The minimum Gasteiger partial charge on any atom is -0.351 e. The van der Waals surface area contributed by atoms with Gasteiger partial charge in [0.2, 0.25) is 0 Å². The molecule has 2 N–H and O–H groups in total. The SMILES string of the molecule is Cl.Cl.O=C(NCCSC1CCNCC1)C1=Cc2cnc3cccc(n23)S1. The number of hydrogen-bond acceptors (Lipinski definition) is 5. The smallest absolute Gasteiger partial charge is 0.258 e. The normalized spacial score (nSPS) is 16.4. The largest absolute Gasteiger partial charge is 0.351 e. The molecule has 4 rings (SSSR count). The Morgan fingerprint density at radius 1 is 1.35 bits per heavy atom. The van der Waals surface area contributed by atoms with Crippen molar-refractivity contribution in [3.8, 4) is 0 Å². The van der Waals surface area contributed by atoms with Crippen LogP contribution in [0.4, 0.5) is 0 Å². The Morgan fingerprint density at radius 2 is 2.15 bits per heavy atom. The number of thioether (sulfide) groups is 2. The summed E-state index contributed by atoms with van der Waals surface area (Å²) in [4.78, 5) is 17.6. The highest BCUT2D eigenvalue weighted by molar-refractivity contribution is 8.04. The van der Waals surface area contributed by atoms with Crippen LogP contribution in [0.25, 0.3) is 11.7 Å². The molecule has 0 atom stereocenters. The van der Waals surface area contributed by atoms with E-state index in [-0.39, 0.29) is 30.7 Å². The Labute approximate surface area is 174 Å². The van der Waals surface area contributed by atoms with Crippen molar-refractivity contribution in [3.05, 3.63) is 35.0 Å². The van der Waals surface area contributed by atoms with Gasteiger partial charge < -0.3 is 10.6 Å². The molecular formula is C17H22Cl2N4OS2. The number of imidazole rings is 1. The minimum absolute atomic E-state index is 0. The molecule has 2 aliphatic rings. The number of hydrogen-bond donors (Lipinski definition) is 2. The molecule has 1 fully saturated rings. The molecule has 1 amide bonds. The maximum Gasteiger partial charge on any atom is 0.258 e. The van der Waals surface area contributed by atoms with Crippen molar-refractivity contribution in [2.24, 2.45) is 0 Å². The number of aromatic nitrogens is 2. The van der Waals surface area contributed by atoms with E-state index >= 15 is 0 Å². The molecule has 1 saturated heterocycles. The second-order valence-corrected chi connectivity index (χ2v) is 8.40. The molecule has 26 heavy (non-hydrogen) atoms. The Hall–Kier alpha value is -0.860. The number of pyridine rings is 1. The summed E-state index contributed by atoms with van der Waals surface area (Å²) in [6, 6.07) is 5.98. The number of nitrogens with zero attached hydrogens (tertiary/aromatic N) is 2. The van der Waals surface area contributed by atoms with Crippen LogP contribution in [-0.4, -0.2) is 45.9 Å². The third-order valence-corrected chi connectivity index (χ3v) is 6.70. The maximum absolute atomic E-state index is 12.5. The maximum atomic E-state index is 12.5. The van der Waals surface area contributed by atoms with Crippen LogP contribution in [0.15, 0.2) is 34.3 Å². The van der Waals surface area contributed by atoms with Gasteiger partial charge in [-0.15, -0.1) is 24.8 Å². The van der Waals surface area contributed by atoms with E-state index in [0.29, 0.717) is 0 Å². The molecule has 142 valence electrons. The lowest BCUT2D eigenvalue weighted by atomic mass is 10.2. The molecule has 0 radical (unpaired) electrons. The van der Waals surface area contributed by atoms with Gasteiger partial charge in [0.15, 0.2) is 0 Å². The Kier molecular flexibility index (Phi) is 8.16. The number of carbonyl (C=O) groups is 1. The molecule has 2 aliphatic heterocycles. The van der Waals surface area contributed by atoms with E-state index in [2.05, 4.69) is 20.0 Å². The highest BCUT2D eigenvalue weighted by Crippen LogP contribution is 2.34. The van der Waals surface area contributed by atoms with Crippen LogP contribution in [0, 0.1) is 0 Å². The quantitative estimate of drug-likeness (QED) is 0.710. The average molecular weight is 433 g/mol. The van der Waals surface area contributed by atoms with Gasteiger partial charge in [0.1, 0.15) is 5.65 Å². The van der Waals surface area contributed by atoms with Crippen molar-refractivity contribution in [3.63, 3.8) is 0 Å². The summed E-state index contributed by atoms with van der Waals surface area (Å²) in [6.45, 7) is 2.95. The van der Waals surface area contributed by atoms with Gasteiger partial charge in [-0.25, -0.2) is 4.98 Å². The van der Waals surface area contributed by atoms with Crippen molar-refractivity contribution in [1.82, 2.24) is 20.0 Å². The number of piperidine rings is 1. The molecule has 2 aromatic heterocycles. The summed E-state index contributed by atoms with van der Waals surface area (Å²) in [5.74, 6) is 0.984. The van der Waals surface area contributed by atoms with Gasteiger partial charge in [-0.3, -0.25) is 9.20 Å². The molecule has 2 aromatic rings. The summed E-state index contributed by atoms with van der Waals surface area (Å²) in [6.07, 6.45) is 6.20. The fraction of sp³-hybridized carbons (Fsp3) is 0.412. The number of rotatable bonds is 5. The van der Waals surface area contributed by atoms with Gasteiger partial charge in [-0.1, -0.05) is 17.8 Å². The van der Waals surface area contributed by atoms with E-state index in [4.69, 9.17) is 0 Å². The molecule has 0 unspecified atom stereocenters. The highest BCUT2D eigenvalue weighted by atomic mass is 35.5. The molecule has 0 saturated carbocycles. The highest BCUT2D eigenvalue weighted by Gasteiger charge is 2.20. The van der Waals surface area contributed by atoms with Crippen LogP contribution in [0.1, 0.15) is 18.5 Å². The van der Waals surface area contributed by atoms with E-state index in [0.717, 1.165) is 51.9 Å². The van der Waals surface area contributed by atoms with Crippen molar-refractivity contribution in [2.45, 2.75) is 23.1 Å². The zero-order valence-corrected chi connectivity index (χ0v) is 17.4. The van der Waals surface area contributed by atoms with E-state index in [1.165, 1.54) is 24.6 Å². The average Bonchev–Trinajstić information content (AvgIpc) is 3.04. The van der Waals surface area contributed by atoms with Gasteiger partial charge in [-0.05, 0) is 44.1 Å². The summed E-state index contributed by atoms with van der Waals surface area (Å²) >= 11 is 3.48. The monoisotopic (exact) mass is 432 g/mol. The Bertz CT molecular complexity index is 790. The second-order valence-electron chi connectivity index (χ2n) is 5.93. The lowest BCUT2D eigenvalue weighted by molar-refractivity contribution is -0.116. The fourth-order valence-electron chi connectivity index (χ4n) is 3.04. The lowest BCUT2D eigenvalue weighted by Gasteiger charge is -2.22. The van der Waals surface area contributed by atoms with Crippen LogP contribution >= 0.6 is 48.3 Å². The molecule has 4 heterocycles. The first-order valence-corrected chi connectivity index (χ1v) is 10.1. The van der Waals surface area contributed by atoms with Crippen molar-refractivity contribution >= 4 is 66.0 Å². The number of halogens is 2. The van der Waals surface area contributed by atoms with Crippen LogP contribution in [-0.2, 0) is 4.79 Å². The zero-order chi connectivity index (χ0) is 16.4. The predicted octanol–water partition coefficient (Wildman–Crippen LogP) is 3.23. The van der Waals surface area contributed by atoms with Crippen LogP contribution in [0.5, 0.6) is 0 Å². The van der Waals surface area contributed by atoms with E-state index in [9.17, 15) is 4.79 Å². The van der Waals surface area contributed by atoms with Gasteiger partial charge in [0.25, 0.3) is 5.91 Å². The van der Waals surface area contributed by atoms with Gasteiger partial charge in [-0.2, -0.15) is 11.8 Å². The zero-order valence-electron chi connectivity index (χ0n) is 14.1. The number of nitrogens with one attached hydrogen (secondary N) is 2. The van der Waals surface area contributed by atoms with Crippen molar-refractivity contribution in [2.75, 3.05) is 25.4 Å². The number of carbonyl (C=O) groups excluding carboxylic acids is 1. The molecule has 5 nitrogen and oxygen atoms in total. The summed E-state index contributed by atoms with van der Waals surface area (Å²) in [5.41, 5.74) is 1.89. The summed E-state index contributed by atoms with van der Waals surface area (Å²) in [7, 11) is 0. The Morgan fingerprint density at radius 3 is 2.96 bits per heavy atom. The predicted molar refractivity (Wildman–Crippen MR) is 115 cm³/mol. The Balaban J connectivity index is 0.00000121. The van der Waals surface area contributed by atoms with Crippen LogP contribution < -0.4 is 10.6 Å². The first-order valence-electron chi connectivity index (χ1n) is 8.28. The molecule has 0 aromatic carbocycles.